The van der Waals surface area contributed by atoms with Crippen molar-refractivity contribution in [2.75, 3.05) is 4.72 Å². The van der Waals surface area contributed by atoms with Crippen molar-refractivity contribution in [2.24, 2.45) is 0 Å². The quantitative estimate of drug-likeness (QED) is 0.334. The van der Waals surface area contributed by atoms with E-state index in [1.54, 1.807) is 12.1 Å². The lowest BCUT2D eigenvalue weighted by molar-refractivity contribution is 0.367. The van der Waals surface area contributed by atoms with Gasteiger partial charge in [0, 0.05) is 12.3 Å². The first-order chi connectivity index (χ1) is 14.1. The molecule has 30 heavy (non-hydrogen) atoms. The largest absolute Gasteiger partial charge is 0.266 e. The lowest BCUT2D eigenvalue weighted by Crippen LogP contribution is -2.14. The van der Waals surface area contributed by atoms with E-state index in [1.807, 2.05) is 6.92 Å². The first kappa shape index (κ1) is 21.8. The molecule has 1 heterocycles. The summed E-state index contributed by atoms with van der Waals surface area (Å²) < 4.78 is 95.3. The van der Waals surface area contributed by atoms with Crippen molar-refractivity contribution in [3.63, 3.8) is 0 Å². The highest BCUT2D eigenvalue weighted by Gasteiger charge is 2.26. The van der Waals surface area contributed by atoms with Crippen LogP contribution in [0.25, 0.3) is 0 Å². The minimum Gasteiger partial charge on any atom is -0.266 e. The summed E-state index contributed by atoms with van der Waals surface area (Å²) in [6, 6.07) is 7.41. The summed E-state index contributed by atoms with van der Waals surface area (Å²) >= 11 is 0. The molecule has 1 aromatic heterocycles. The van der Waals surface area contributed by atoms with Crippen molar-refractivity contribution in [1.82, 2.24) is 9.78 Å². The van der Waals surface area contributed by atoms with Gasteiger partial charge in [-0.3, -0.25) is 9.40 Å². The molecule has 0 radical (unpaired) electrons. The molecule has 0 aliphatic carbocycles. The molecule has 0 aliphatic heterocycles. The summed E-state index contributed by atoms with van der Waals surface area (Å²) in [7, 11) is -3.98. The maximum atomic E-state index is 13.8. The van der Waals surface area contributed by atoms with E-state index >= 15 is 0 Å². The van der Waals surface area contributed by atoms with E-state index in [9.17, 15) is 30.4 Å². The zero-order valence-corrected chi connectivity index (χ0v) is 16.4. The monoisotopic (exact) mass is 445 g/mol. The van der Waals surface area contributed by atoms with Crippen molar-refractivity contribution in [3.8, 4) is 0 Å². The van der Waals surface area contributed by atoms with Crippen molar-refractivity contribution in [2.45, 2.75) is 31.2 Å². The Balaban J connectivity index is 1.80. The van der Waals surface area contributed by atoms with Crippen LogP contribution in [0.2, 0.25) is 0 Å². The third-order valence-corrected chi connectivity index (χ3v) is 5.64. The van der Waals surface area contributed by atoms with Crippen LogP contribution in [0.3, 0.4) is 0 Å². The SMILES string of the molecule is CCCc1ccc(S(=O)(=O)Nc2ccn(Cc3c(F)c(F)c(F)c(F)c3F)n2)cc1. The number of aromatic nitrogens is 2. The van der Waals surface area contributed by atoms with Gasteiger partial charge in [-0.2, -0.15) is 5.10 Å². The summed E-state index contributed by atoms with van der Waals surface area (Å²) in [5, 5.41) is 3.78. The Morgan fingerprint density at radius 3 is 2.03 bits per heavy atom. The summed E-state index contributed by atoms with van der Waals surface area (Å²) in [5.41, 5.74) is -0.112. The zero-order valence-electron chi connectivity index (χ0n) is 15.6. The number of nitrogens with zero attached hydrogens (tertiary/aromatic N) is 2. The van der Waals surface area contributed by atoms with Crippen molar-refractivity contribution in [3.05, 3.63) is 76.7 Å². The molecule has 3 aromatic rings. The van der Waals surface area contributed by atoms with Gasteiger partial charge in [-0.05, 0) is 24.1 Å². The van der Waals surface area contributed by atoms with E-state index in [2.05, 4.69) is 9.82 Å². The molecule has 0 bridgehead atoms. The van der Waals surface area contributed by atoms with Gasteiger partial charge in [-0.1, -0.05) is 25.5 Å². The molecule has 0 atom stereocenters. The Labute approximate surface area is 169 Å². The fraction of sp³-hybridized carbons (Fsp3) is 0.211. The number of anilines is 1. The van der Waals surface area contributed by atoms with E-state index in [-0.39, 0.29) is 10.7 Å². The van der Waals surface area contributed by atoms with Crippen LogP contribution in [0.15, 0.2) is 41.4 Å². The van der Waals surface area contributed by atoms with E-state index in [1.165, 1.54) is 18.2 Å². The van der Waals surface area contributed by atoms with E-state index in [0.717, 1.165) is 29.3 Å². The number of halogens is 5. The molecule has 0 amide bonds. The smallest absolute Gasteiger partial charge is 0.263 e. The second kappa shape index (κ2) is 8.42. The van der Waals surface area contributed by atoms with Gasteiger partial charge in [0.15, 0.2) is 29.1 Å². The van der Waals surface area contributed by atoms with Crippen LogP contribution in [0.4, 0.5) is 27.8 Å². The molecular weight excluding hydrogens is 429 g/mol. The molecule has 0 aliphatic rings. The molecule has 160 valence electrons. The summed E-state index contributed by atoms with van der Waals surface area (Å²) in [4.78, 5) is -0.0170. The Morgan fingerprint density at radius 2 is 1.47 bits per heavy atom. The topological polar surface area (TPSA) is 64.0 Å². The lowest BCUT2D eigenvalue weighted by Gasteiger charge is -2.09. The van der Waals surface area contributed by atoms with Crippen molar-refractivity contribution >= 4 is 15.8 Å². The molecule has 11 heteroatoms. The molecule has 1 N–H and O–H groups in total. The lowest BCUT2D eigenvalue weighted by atomic mass is 10.1. The minimum absolute atomic E-state index is 0.0170. The normalized spacial score (nSPS) is 11.7. The van der Waals surface area contributed by atoms with E-state index < -0.39 is 51.2 Å². The van der Waals surface area contributed by atoms with Crippen LogP contribution in [-0.2, 0) is 23.0 Å². The maximum absolute atomic E-state index is 13.8. The van der Waals surface area contributed by atoms with Crippen LogP contribution >= 0.6 is 0 Å². The highest BCUT2D eigenvalue weighted by atomic mass is 32.2. The summed E-state index contributed by atoms with van der Waals surface area (Å²) in [6.07, 6.45) is 2.85. The average Bonchev–Trinajstić information content (AvgIpc) is 3.15. The molecule has 5 nitrogen and oxygen atoms in total. The van der Waals surface area contributed by atoms with Gasteiger partial charge >= 0.3 is 0 Å². The molecular formula is C19H16F5N3O2S. The van der Waals surface area contributed by atoms with Gasteiger partial charge in [0.1, 0.15) is 0 Å². The Morgan fingerprint density at radius 1 is 0.900 bits per heavy atom. The number of hydrogen-bond acceptors (Lipinski definition) is 3. The Kier molecular flexibility index (Phi) is 6.11. The van der Waals surface area contributed by atoms with Crippen LogP contribution in [0.1, 0.15) is 24.5 Å². The molecule has 2 aromatic carbocycles. The molecule has 0 saturated carbocycles. The Bertz CT molecular complexity index is 1150. The third kappa shape index (κ3) is 4.30. The van der Waals surface area contributed by atoms with Crippen LogP contribution in [0, 0.1) is 29.1 Å². The highest BCUT2D eigenvalue weighted by Crippen LogP contribution is 2.24. The van der Waals surface area contributed by atoms with Crippen LogP contribution in [0.5, 0.6) is 0 Å². The maximum Gasteiger partial charge on any atom is 0.263 e. The van der Waals surface area contributed by atoms with Crippen LogP contribution in [-0.4, -0.2) is 18.2 Å². The van der Waals surface area contributed by atoms with Gasteiger partial charge < -0.3 is 0 Å². The second-order valence-electron chi connectivity index (χ2n) is 6.45. The third-order valence-electron chi connectivity index (χ3n) is 4.27. The summed E-state index contributed by atoms with van der Waals surface area (Å²) in [6.45, 7) is 1.20. The van der Waals surface area contributed by atoms with Gasteiger partial charge in [-0.25, -0.2) is 30.4 Å². The molecule has 0 saturated heterocycles. The fourth-order valence-corrected chi connectivity index (χ4v) is 3.77. The number of benzene rings is 2. The predicted octanol–water partition coefficient (Wildman–Crippen LogP) is 4.38. The molecule has 3 rings (SSSR count). The predicted molar refractivity (Wildman–Crippen MR) is 98.8 cm³/mol. The van der Waals surface area contributed by atoms with Gasteiger partial charge in [-0.15, -0.1) is 0 Å². The van der Waals surface area contributed by atoms with E-state index in [0.29, 0.717) is 0 Å². The first-order valence-corrected chi connectivity index (χ1v) is 10.3. The number of rotatable bonds is 7. The van der Waals surface area contributed by atoms with Gasteiger partial charge in [0.2, 0.25) is 5.82 Å². The van der Waals surface area contributed by atoms with Crippen molar-refractivity contribution in [1.29, 1.82) is 0 Å². The van der Waals surface area contributed by atoms with Crippen LogP contribution < -0.4 is 4.72 Å². The number of nitrogens with one attached hydrogen (secondary N) is 1. The number of sulfonamides is 1. The second-order valence-corrected chi connectivity index (χ2v) is 8.13. The van der Waals surface area contributed by atoms with Gasteiger partial charge in [0.05, 0.1) is 17.0 Å². The van der Waals surface area contributed by atoms with E-state index in [4.69, 9.17) is 0 Å². The molecule has 0 spiro atoms. The standard InChI is InChI=1S/C19H16F5N3O2S/c1-2-3-11-4-6-12(7-5-11)30(28,29)26-14-8-9-27(25-14)10-13-15(20)17(22)19(24)18(23)16(13)21/h4-9H,2-3,10H2,1H3,(H,25,26). The average molecular weight is 445 g/mol. The fourth-order valence-electron chi connectivity index (χ4n) is 2.78. The number of hydrogen-bond donors (Lipinski definition) is 1. The minimum atomic E-state index is -3.98. The zero-order chi connectivity index (χ0) is 22.1. The number of aryl methyl sites for hydroxylation is 1. The van der Waals surface area contributed by atoms with Gasteiger partial charge in [0.25, 0.3) is 10.0 Å². The highest BCUT2D eigenvalue weighted by molar-refractivity contribution is 7.92. The van der Waals surface area contributed by atoms with Crippen molar-refractivity contribution < 1.29 is 30.4 Å². The molecule has 0 unspecified atom stereocenters. The molecule has 0 fully saturated rings. The Hall–Kier alpha value is -2.95. The summed E-state index contributed by atoms with van der Waals surface area (Å²) in [5.74, 6) is -10.5. The first-order valence-electron chi connectivity index (χ1n) is 8.79.